The number of hydrogen-bond donors (Lipinski definition) is 1. The monoisotopic (exact) mass is 423 g/mol. The number of nitrogens with one attached hydrogen (secondary N) is 1. The van der Waals surface area contributed by atoms with Crippen molar-refractivity contribution in [3.8, 4) is 0 Å². The van der Waals surface area contributed by atoms with Gasteiger partial charge in [0.2, 0.25) is 0 Å². The van der Waals surface area contributed by atoms with E-state index in [0.717, 1.165) is 39.5 Å². The SMILES string of the molecule is CCCCCCCCCCCCCCCCCOS(=O)(=O)OC.CCNCC. The summed E-state index contributed by atoms with van der Waals surface area (Å²) in [6.07, 6.45) is 19.4. The molecule has 0 aliphatic heterocycles. The van der Waals surface area contributed by atoms with Crippen molar-refractivity contribution in [3.63, 3.8) is 0 Å². The molecular weight excluding hydrogens is 374 g/mol. The highest BCUT2D eigenvalue weighted by molar-refractivity contribution is 7.81. The van der Waals surface area contributed by atoms with Crippen LogP contribution in [-0.4, -0.2) is 35.2 Å². The quantitative estimate of drug-likeness (QED) is 0.230. The van der Waals surface area contributed by atoms with Crippen molar-refractivity contribution in [3.05, 3.63) is 0 Å². The van der Waals surface area contributed by atoms with Gasteiger partial charge in [-0.05, 0) is 19.5 Å². The van der Waals surface area contributed by atoms with Gasteiger partial charge in [0.1, 0.15) is 0 Å². The Labute approximate surface area is 176 Å². The van der Waals surface area contributed by atoms with Crippen molar-refractivity contribution in [1.82, 2.24) is 5.32 Å². The highest BCUT2D eigenvalue weighted by atomic mass is 32.3. The molecule has 0 spiro atoms. The maximum Gasteiger partial charge on any atom is 0.399 e. The van der Waals surface area contributed by atoms with E-state index in [4.69, 9.17) is 0 Å². The van der Waals surface area contributed by atoms with E-state index in [1.54, 1.807) is 0 Å². The molecule has 0 aromatic heterocycles. The van der Waals surface area contributed by atoms with E-state index in [2.05, 4.69) is 34.5 Å². The van der Waals surface area contributed by atoms with Gasteiger partial charge < -0.3 is 5.32 Å². The van der Waals surface area contributed by atoms with Crippen LogP contribution in [0.25, 0.3) is 0 Å². The second-order valence-electron chi connectivity index (χ2n) is 7.30. The van der Waals surface area contributed by atoms with E-state index in [1.807, 2.05) is 0 Å². The van der Waals surface area contributed by atoms with Crippen LogP contribution in [-0.2, 0) is 18.8 Å². The normalized spacial score (nSPS) is 11.3. The molecule has 0 radical (unpaired) electrons. The van der Waals surface area contributed by atoms with Crippen LogP contribution in [0.2, 0.25) is 0 Å². The van der Waals surface area contributed by atoms with Gasteiger partial charge >= 0.3 is 10.4 Å². The van der Waals surface area contributed by atoms with Gasteiger partial charge in [-0.25, -0.2) is 4.18 Å². The summed E-state index contributed by atoms with van der Waals surface area (Å²) in [6, 6.07) is 0. The van der Waals surface area contributed by atoms with E-state index in [9.17, 15) is 8.42 Å². The van der Waals surface area contributed by atoms with Crippen LogP contribution in [0.15, 0.2) is 0 Å². The minimum absolute atomic E-state index is 0.231. The highest BCUT2D eigenvalue weighted by Crippen LogP contribution is 2.13. The minimum Gasteiger partial charge on any atom is -0.317 e. The Balaban J connectivity index is 0. The number of rotatable bonds is 20. The summed E-state index contributed by atoms with van der Waals surface area (Å²) < 4.78 is 30.7. The van der Waals surface area contributed by atoms with Gasteiger partial charge in [0.25, 0.3) is 0 Å². The van der Waals surface area contributed by atoms with Crippen LogP contribution in [0, 0.1) is 0 Å². The molecule has 0 rings (SSSR count). The molecule has 1 N–H and O–H groups in total. The van der Waals surface area contributed by atoms with Gasteiger partial charge in [-0.15, -0.1) is 0 Å². The lowest BCUT2D eigenvalue weighted by Gasteiger charge is -2.04. The first kappa shape index (κ1) is 30.0. The maximum atomic E-state index is 10.9. The van der Waals surface area contributed by atoms with Gasteiger partial charge in [-0.1, -0.05) is 111 Å². The average Bonchev–Trinajstić information content (AvgIpc) is 2.69. The van der Waals surface area contributed by atoms with E-state index < -0.39 is 10.4 Å². The Bertz CT molecular complexity index is 373. The molecule has 5 nitrogen and oxygen atoms in total. The first-order chi connectivity index (χ1) is 13.5. The van der Waals surface area contributed by atoms with Gasteiger partial charge in [0.15, 0.2) is 0 Å². The summed E-state index contributed by atoms with van der Waals surface area (Å²) in [7, 11) is -2.63. The fourth-order valence-electron chi connectivity index (χ4n) is 2.93. The predicted octanol–water partition coefficient (Wildman–Crippen LogP) is 6.38. The molecule has 0 fully saturated rings. The smallest absolute Gasteiger partial charge is 0.317 e. The van der Waals surface area contributed by atoms with Crippen LogP contribution in [0.4, 0.5) is 0 Å². The van der Waals surface area contributed by atoms with Gasteiger partial charge in [-0.2, -0.15) is 8.42 Å². The topological polar surface area (TPSA) is 64.6 Å². The molecule has 28 heavy (non-hydrogen) atoms. The maximum absolute atomic E-state index is 10.9. The average molecular weight is 424 g/mol. The van der Waals surface area contributed by atoms with Gasteiger partial charge in [0.05, 0.1) is 13.7 Å². The van der Waals surface area contributed by atoms with Crippen LogP contribution < -0.4 is 5.32 Å². The molecule has 172 valence electrons. The Morgan fingerprint density at radius 1 is 0.607 bits per heavy atom. The third-order valence-corrected chi connectivity index (χ3v) is 5.54. The lowest BCUT2D eigenvalue weighted by molar-refractivity contribution is 0.238. The Kier molecular flexibility index (Phi) is 26.7. The summed E-state index contributed by atoms with van der Waals surface area (Å²) >= 11 is 0. The van der Waals surface area contributed by atoms with Gasteiger partial charge in [0, 0.05) is 0 Å². The molecule has 0 aliphatic rings. The van der Waals surface area contributed by atoms with Crippen molar-refractivity contribution in [1.29, 1.82) is 0 Å². The minimum atomic E-state index is -3.74. The standard InChI is InChI=1S/C18H38O4S.C4H11N/c1-3-4-5-6-7-8-9-10-11-12-13-14-15-16-17-18-22-23(19,20)21-2;1-3-5-4-2/h3-18H2,1-2H3;5H,3-4H2,1-2H3. The summed E-state index contributed by atoms with van der Waals surface area (Å²) in [6.45, 7) is 8.88. The second kappa shape index (κ2) is 24.9. The fraction of sp³-hybridized carbons (Fsp3) is 1.00. The Morgan fingerprint density at radius 2 is 0.964 bits per heavy atom. The number of hydrogen-bond acceptors (Lipinski definition) is 5. The third kappa shape index (κ3) is 28.0. The molecule has 0 saturated heterocycles. The molecule has 0 aromatic carbocycles. The zero-order valence-corrected chi connectivity index (χ0v) is 20.1. The third-order valence-electron chi connectivity index (χ3n) is 4.68. The molecule has 0 bridgehead atoms. The molecule has 0 amide bonds. The predicted molar refractivity (Wildman–Crippen MR) is 121 cm³/mol. The van der Waals surface area contributed by atoms with Crippen molar-refractivity contribution in [2.75, 3.05) is 26.8 Å². The molecule has 0 saturated carbocycles. The van der Waals surface area contributed by atoms with E-state index >= 15 is 0 Å². The zero-order chi connectivity index (χ0) is 21.3. The zero-order valence-electron chi connectivity index (χ0n) is 19.3. The molecule has 0 atom stereocenters. The molecular formula is C22H49NO4S. The molecule has 0 aliphatic carbocycles. The molecule has 0 heterocycles. The first-order valence-corrected chi connectivity index (χ1v) is 13.0. The van der Waals surface area contributed by atoms with Crippen molar-refractivity contribution in [2.24, 2.45) is 0 Å². The number of unbranched alkanes of at least 4 members (excludes halogenated alkanes) is 14. The largest absolute Gasteiger partial charge is 0.399 e. The first-order valence-electron chi connectivity index (χ1n) is 11.7. The van der Waals surface area contributed by atoms with Crippen molar-refractivity contribution >= 4 is 10.4 Å². The van der Waals surface area contributed by atoms with Crippen LogP contribution in [0.3, 0.4) is 0 Å². The fourth-order valence-corrected chi connectivity index (χ4v) is 3.35. The second-order valence-corrected chi connectivity index (χ2v) is 8.69. The van der Waals surface area contributed by atoms with E-state index in [0.29, 0.717) is 0 Å². The Hall–Kier alpha value is -0.170. The summed E-state index contributed by atoms with van der Waals surface area (Å²) in [5.41, 5.74) is 0. The summed E-state index contributed by atoms with van der Waals surface area (Å²) in [5.74, 6) is 0. The lowest BCUT2D eigenvalue weighted by Crippen LogP contribution is -2.09. The van der Waals surface area contributed by atoms with Crippen LogP contribution in [0.5, 0.6) is 0 Å². The van der Waals surface area contributed by atoms with Crippen LogP contribution in [0.1, 0.15) is 117 Å². The molecule has 0 unspecified atom stereocenters. The van der Waals surface area contributed by atoms with Gasteiger partial charge in [-0.3, -0.25) is 4.18 Å². The molecule has 6 heteroatoms. The summed E-state index contributed by atoms with van der Waals surface area (Å²) in [4.78, 5) is 0. The van der Waals surface area contributed by atoms with E-state index in [1.165, 1.54) is 77.0 Å². The summed E-state index contributed by atoms with van der Waals surface area (Å²) in [5, 5.41) is 3.11. The Morgan fingerprint density at radius 3 is 1.25 bits per heavy atom. The lowest BCUT2D eigenvalue weighted by atomic mass is 10.0. The highest BCUT2D eigenvalue weighted by Gasteiger charge is 2.07. The van der Waals surface area contributed by atoms with Crippen molar-refractivity contribution in [2.45, 2.75) is 117 Å². The van der Waals surface area contributed by atoms with Crippen LogP contribution >= 0.6 is 0 Å². The van der Waals surface area contributed by atoms with E-state index in [-0.39, 0.29) is 6.61 Å². The molecule has 0 aromatic rings. The van der Waals surface area contributed by atoms with Crippen molar-refractivity contribution < 1.29 is 16.8 Å².